The van der Waals surface area contributed by atoms with Gasteiger partial charge >= 0.3 is 0 Å². The number of nitrogens with zero attached hydrogens (tertiary/aromatic N) is 4. The number of ether oxygens (including phenoxy) is 1. The first-order valence-corrected chi connectivity index (χ1v) is 12.1. The highest BCUT2D eigenvalue weighted by molar-refractivity contribution is 9.10. The van der Waals surface area contributed by atoms with Crippen molar-refractivity contribution in [3.05, 3.63) is 97.6 Å². The molecule has 7 nitrogen and oxygen atoms in total. The predicted octanol–water partition coefficient (Wildman–Crippen LogP) is 5.32. The topological polar surface area (TPSA) is 90.1 Å². The third kappa shape index (κ3) is 5.22. The summed E-state index contributed by atoms with van der Waals surface area (Å²) in [5, 5.41) is 10.4. The van der Waals surface area contributed by atoms with E-state index in [1.54, 1.807) is 55.1 Å². The Hall–Kier alpha value is -3.43. The highest BCUT2D eigenvalue weighted by atomic mass is 79.9. The minimum atomic E-state index is -1.21. The standard InChI is InChI=1S/C27H26BrFN4O3/c1-15-12-30-20(24-16(2)13-31-26(32-24)27(4,5)35)11-21(15)33-17(3)10-22(23(28)25(33)34)36-14-18-6-8-19(29)9-7-18/h6-13,35H,14H2,1-5H3. The van der Waals surface area contributed by atoms with E-state index in [2.05, 4.69) is 30.9 Å². The van der Waals surface area contributed by atoms with Gasteiger partial charge in [0.25, 0.3) is 5.56 Å². The molecule has 0 amide bonds. The van der Waals surface area contributed by atoms with Crippen LogP contribution in [0.15, 0.2) is 58.1 Å². The quantitative estimate of drug-likeness (QED) is 0.348. The molecule has 0 spiro atoms. The summed E-state index contributed by atoms with van der Waals surface area (Å²) in [6.45, 7) is 8.99. The number of rotatable bonds is 6. The molecule has 3 heterocycles. The zero-order chi connectivity index (χ0) is 26.2. The molecule has 9 heteroatoms. The molecule has 0 bridgehead atoms. The molecule has 1 aromatic carbocycles. The van der Waals surface area contributed by atoms with Crippen molar-refractivity contribution in [2.75, 3.05) is 0 Å². The normalized spacial score (nSPS) is 11.6. The van der Waals surface area contributed by atoms with Crippen LogP contribution in [0.25, 0.3) is 17.1 Å². The Morgan fingerprint density at radius 3 is 2.39 bits per heavy atom. The molecule has 0 aliphatic rings. The summed E-state index contributed by atoms with van der Waals surface area (Å²) in [4.78, 5) is 26.8. The Kier molecular flexibility index (Phi) is 7.06. The summed E-state index contributed by atoms with van der Waals surface area (Å²) in [5.41, 5.74) is 3.31. The maximum atomic E-state index is 13.4. The van der Waals surface area contributed by atoms with Crippen LogP contribution >= 0.6 is 15.9 Å². The Morgan fingerprint density at radius 2 is 1.72 bits per heavy atom. The van der Waals surface area contributed by atoms with E-state index in [1.165, 1.54) is 12.1 Å². The number of aromatic nitrogens is 4. The molecule has 0 saturated heterocycles. The number of hydrogen-bond acceptors (Lipinski definition) is 6. The lowest BCUT2D eigenvalue weighted by atomic mass is 10.1. The zero-order valence-corrected chi connectivity index (χ0v) is 22.2. The Morgan fingerprint density at radius 1 is 1.06 bits per heavy atom. The molecule has 0 aliphatic carbocycles. The first-order chi connectivity index (χ1) is 17.0. The van der Waals surface area contributed by atoms with Crippen molar-refractivity contribution in [3.8, 4) is 22.8 Å². The van der Waals surface area contributed by atoms with Crippen molar-refractivity contribution in [2.45, 2.75) is 46.8 Å². The summed E-state index contributed by atoms with van der Waals surface area (Å²) in [7, 11) is 0. The average molecular weight is 553 g/mol. The summed E-state index contributed by atoms with van der Waals surface area (Å²) in [5.74, 6) is 0.358. The molecule has 186 valence electrons. The summed E-state index contributed by atoms with van der Waals surface area (Å²) in [6, 6.07) is 9.58. The lowest BCUT2D eigenvalue weighted by Crippen LogP contribution is -2.23. The summed E-state index contributed by atoms with van der Waals surface area (Å²) in [6.07, 6.45) is 3.34. The Labute approximate surface area is 216 Å². The van der Waals surface area contributed by atoms with Crippen LogP contribution in [-0.4, -0.2) is 24.6 Å². The fourth-order valence-electron chi connectivity index (χ4n) is 3.71. The summed E-state index contributed by atoms with van der Waals surface area (Å²) >= 11 is 3.40. The first kappa shape index (κ1) is 25.7. The van der Waals surface area contributed by atoms with Gasteiger partial charge in [0.2, 0.25) is 0 Å². The van der Waals surface area contributed by atoms with Crippen molar-refractivity contribution < 1.29 is 14.2 Å². The molecule has 0 unspecified atom stereocenters. The van der Waals surface area contributed by atoms with Crippen LogP contribution in [0.4, 0.5) is 4.39 Å². The molecule has 36 heavy (non-hydrogen) atoms. The molecule has 0 aliphatic heterocycles. The second-order valence-electron chi connectivity index (χ2n) is 9.16. The fraction of sp³-hybridized carbons (Fsp3) is 0.259. The largest absolute Gasteiger partial charge is 0.487 e. The van der Waals surface area contributed by atoms with Gasteiger partial charge in [-0.3, -0.25) is 14.3 Å². The van der Waals surface area contributed by atoms with Crippen LogP contribution in [0, 0.1) is 26.6 Å². The lowest BCUT2D eigenvalue weighted by molar-refractivity contribution is 0.0688. The number of hydrogen-bond donors (Lipinski definition) is 1. The highest BCUT2D eigenvalue weighted by Crippen LogP contribution is 2.29. The minimum Gasteiger partial charge on any atom is -0.487 e. The Bertz CT molecular complexity index is 1500. The van der Waals surface area contributed by atoms with Crippen molar-refractivity contribution in [1.29, 1.82) is 0 Å². The van der Waals surface area contributed by atoms with Gasteiger partial charge in [0.05, 0.1) is 17.1 Å². The molecular weight excluding hydrogens is 527 g/mol. The van der Waals surface area contributed by atoms with Crippen LogP contribution in [0.1, 0.15) is 42.1 Å². The molecule has 3 aromatic heterocycles. The number of aryl methyl sites for hydroxylation is 3. The first-order valence-electron chi connectivity index (χ1n) is 11.3. The predicted molar refractivity (Wildman–Crippen MR) is 139 cm³/mol. The smallest absolute Gasteiger partial charge is 0.273 e. The minimum absolute atomic E-state index is 0.191. The average Bonchev–Trinajstić information content (AvgIpc) is 2.82. The van der Waals surface area contributed by atoms with Gasteiger partial charge in [-0.15, -0.1) is 0 Å². The Balaban J connectivity index is 1.75. The van der Waals surface area contributed by atoms with Gasteiger partial charge in [0.15, 0.2) is 5.82 Å². The zero-order valence-electron chi connectivity index (χ0n) is 20.6. The van der Waals surface area contributed by atoms with Gasteiger partial charge < -0.3 is 9.84 Å². The van der Waals surface area contributed by atoms with E-state index in [0.717, 1.165) is 16.7 Å². The molecule has 0 saturated carbocycles. The van der Waals surface area contributed by atoms with E-state index >= 15 is 0 Å². The molecule has 0 radical (unpaired) electrons. The van der Waals surface area contributed by atoms with Crippen molar-refractivity contribution >= 4 is 15.9 Å². The van der Waals surface area contributed by atoms with Gasteiger partial charge in [-0.25, -0.2) is 14.4 Å². The van der Waals surface area contributed by atoms with Crippen molar-refractivity contribution in [2.24, 2.45) is 0 Å². The molecule has 4 aromatic rings. The molecule has 0 fully saturated rings. The van der Waals surface area contributed by atoms with Crippen LogP contribution in [-0.2, 0) is 12.2 Å². The monoisotopic (exact) mass is 552 g/mol. The third-order valence-corrected chi connectivity index (χ3v) is 6.41. The number of benzene rings is 1. The maximum absolute atomic E-state index is 13.4. The van der Waals surface area contributed by atoms with Crippen molar-refractivity contribution in [3.63, 3.8) is 0 Å². The van der Waals surface area contributed by atoms with E-state index in [4.69, 9.17) is 4.74 Å². The summed E-state index contributed by atoms with van der Waals surface area (Å²) < 4.78 is 20.9. The van der Waals surface area contributed by atoms with E-state index in [0.29, 0.717) is 28.5 Å². The van der Waals surface area contributed by atoms with Crippen LogP contribution in [0.3, 0.4) is 0 Å². The second-order valence-corrected chi connectivity index (χ2v) is 9.95. The van der Waals surface area contributed by atoms with Crippen LogP contribution < -0.4 is 10.3 Å². The fourth-order valence-corrected chi connectivity index (χ4v) is 4.11. The molecule has 0 atom stereocenters. The second kappa shape index (κ2) is 9.91. The molecule has 1 N–H and O–H groups in total. The van der Waals surface area contributed by atoms with Gasteiger partial charge in [-0.05, 0) is 85.4 Å². The van der Waals surface area contributed by atoms with E-state index in [1.807, 2.05) is 20.8 Å². The van der Waals surface area contributed by atoms with Gasteiger partial charge in [0.1, 0.15) is 28.2 Å². The lowest BCUT2D eigenvalue weighted by Gasteiger charge is -2.18. The number of pyridine rings is 2. The number of aliphatic hydroxyl groups is 1. The number of halogens is 2. The van der Waals surface area contributed by atoms with E-state index < -0.39 is 5.60 Å². The third-order valence-electron chi connectivity index (χ3n) is 5.68. The van der Waals surface area contributed by atoms with Crippen LogP contribution in [0.2, 0.25) is 0 Å². The van der Waals surface area contributed by atoms with E-state index in [-0.39, 0.29) is 28.3 Å². The van der Waals surface area contributed by atoms with Crippen molar-refractivity contribution in [1.82, 2.24) is 19.5 Å². The van der Waals surface area contributed by atoms with Gasteiger partial charge in [-0.1, -0.05) is 12.1 Å². The molecular formula is C27H26BrFN4O3. The van der Waals surface area contributed by atoms with Crippen LogP contribution in [0.5, 0.6) is 5.75 Å². The molecule has 4 rings (SSSR count). The highest BCUT2D eigenvalue weighted by Gasteiger charge is 2.22. The van der Waals surface area contributed by atoms with Gasteiger partial charge in [0, 0.05) is 24.2 Å². The van der Waals surface area contributed by atoms with Gasteiger partial charge in [-0.2, -0.15) is 0 Å². The maximum Gasteiger partial charge on any atom is 0.273 e. The van der Waals surface area contributed by atoms with E-state index in [9.17, 15) is 14.3 Å². The SMILES string of the molecule is Cc1cnc(-c2nc(C(C)(C)O)ncc2C)cc1-n1c(C)cc(OCc2ccc(F)cc2)c(Br)c1=O.